The highest BCUT2D eigenvalue weighted by molar-refractivity contribution is 6.28. The first-order valence-corrected chi connectivity index (χ1v) is 8.22. The van der Waals surface area contributed by atoms with Gasteiger partial charge in [-0.25, -0.2) is 0 Å². The first-order valence-electron chi connectivity index (χ1n) is 8.22. The minimum Gasteiger partial charge on any atom is -0.383 e. The zero-order valence-electron chi connectivity index (χ0n) is 15.1. The van der Waals surface area contributed by atoms with Crippen LogP contribution in [0.4, 0.5) is 13.2 Å². The fourth-order valence-corrected chi connectivity index (χ4v) is 2.54. The minimum absolute atomic E-state index is 0.101. The predicted molar refractivity (Wildman–Crippen MR) is 96.6 cm³/mol. The Balaban J connectivity index is 2.03. The molecule has 0 saturated heterocycles. The van der Waals surface area contributed by atoms with E-state index < -0.39 is 17.5 Å². The summed E-state index contributed by atoms with van der Waals surface area (Å²) in [6.45, 7) is 0. The smallest absolute Gasteiger partial charge is 0.383 e. The molecule has 6 nitrogen and oxygen atoms in total. The Morgan fingerprint density at radius 3 is 2.25 bits per heavy atom. The largest absolute Gasteiger partial charge is 0.416 e. The van der Waals surface area contributed by atoms with Gasteiger partial charge in [0.25, 0.3) is 0 Å². The highest BCUT2D eigenvalue weighted by Gasteiger charge is 2.30. The van der Waals surface area contributed by atoms with Crippen molar-refractivity contribution in [1.82, 2.24) is 25.1 Å². The first kappa shape index (κ1) is 19.3. The zero-order chi connectivity index (χ0) is 20.3. The number of benzene rings is 2. The van der Waals surface area contributed by atoms with Crippen molar-refractivity contribution in [2.75, 3.05) is 14.1 Å². The molecule has 28 heavy (non-hydrogen) atoms. The molecule has 1 aromatic heterocycles. The van der Waals surface area contributed by atoms with Gasteiger partial charge < -0.3 is 4.90 Å². The van der Waals surface area contributed by atoms with Gasteiger partial charge in [-0.05, 0) is 34.7 Å². The molecule has 0 unspecified atom stereocenters. The third-order valence-electron chi connectivity index (χ3n) is 3.82. The number of carbonyl (C=O) groups excluding carboxylic acids is 1. The van der Waals surface area contributed by atoms with E-state index in [2.05, 4.69) is 15.5 Å². The number of hydrogen-bond acceptors (Lipinski definition) is 5. The van der Waals surface area contributed by atoms with Crippen molar-refractivity contribution in [1.29, 1.82) is 0 Å². The number of ketones is 1. The Morgan fingerprint density at radius 1 is 1.04 bits per heavy atom. The second-order valence-electron chi connectivity index (χ2n) is 6.16. The van der Waals surface area contributed by atoms with Gasteiger partial charge in [0, 0.05) is 25.9 Å². The number of Topliss-reactive ketones (excluding diaryl/α,β-unsaturated/α-hetero) is 1. The van der Waals surface area contributed by atoms with Crippen LogP contribution in [0, 0.1) is 0 Å². The molecule has 1 heterocycles. The van der Waals surface area contributed by atoms with Crippen LogP contribution >= 0.6 is 0 Å². The van der Waals surface area contributed by atoms with Crippen LogP contribution in [0.25, 0.3) is 11.3 Å². The fourth-order valence-electron chi connectivity index (χ4n) is 2.54. The second-order valence-corrected chi connectivity index (χ2v) is 6.16. The molecular weight excluding hydrogens is 371 g/mol. The Morgan fingerprint density at radius 2 is 1.68 bits per heavy atom. The molecule has 0 N–H and O–H groups in total. The van der Waals surface area contributed by atoms with Crippen LogP contribution in [0.2, 0.25) is 0 Å². The van der Waals surface area contributed by atoms with E-state index in [1.54, 1.807) is 43.3 Å². The van der Waals surface area contributed by atoms with Gasteiger partial charge in [-0.3, -0.25) is 4.79 Å². The topological polar surface area (TPSA) is 63.9 Å². The quantitative estimate of drug-likeness (QED) is 0.496. The Bertz CT molecular complexity index is 992. The number of para-hydroxylation sites is 1. The summed E-state index contributed by atoms with van der Waals surface area (Å²) in [5.74, 6) is -0.306. The summed E-state index contributed by atoms with van der Waals surface area (Å²) in [7, 11) is 3.44. The molecule has 9 heteroatoms. The first-order chi connectivity index (χ1) is 13.3. The number of tetrazole rings is 1. The van der Waals surface area contributed by atoms with Gasteiger partial charge >= 0.3 is 6.18 Å². The molecule has 0 aliphatic heterocycles. The number of carbonyl (C=O) groups is 1. The van der Waals surface area contributed by atoms with Gasteiger partial charge in [0.05, 0.1) is 16.8 Å². The van der Waals surface area contributed by atoms with E-state index >= 15 is 0 Å². The molecule has 3 aromatic rings. The maximum absolute atomic E-state index is 13.0. The average molecular weight is 387 g/mol. The summed E-state index contributed by atoms with van der Waals surface area (Å²) in [5, 5.41) is 11.5. The van der Waals surface area contributed by atoms with Gasteiger partial charge in [-0.1, -0.05) is 30.3 Å². The SMILES string of the molecule is CN(C)C=C(C(=O)c1ccc(C(F)(F)F)cc1)c1nnnn1-c1ccccc1. The van der Waals surface area contributed by atoms with E-state index in [9.17, 15) is 18.0 Å². The third-order valence-corrected chi connectivity index (χ3v) is 3.82. The minimum atomic E-state index is -4.47. The summed E-state index contributed by atoms with van der Waals surface area (Å²) in [5.41, 5.74) is 0.0750. The number of halogens is 3. The summed E-state index contributed by atoms with van der Waals surface area (Å²) < 4.78 is 39.7. The molecule has 0 spiro atoms. The molecule has 2 aromatic carbocycles. The number of nitrogens with zero attached hydrogens (tertiary/aromatic N) is 5. The van der Waals surface area contributed by atoms with E-state index in [0.29, 0.717) is 5.69 Å². The normalized spacial score (nSPS) is 12.1. The van der Waals surface area contributed by atoms with Gasteiger partial charge in [0.15, 0.2) is 11.6 Å². The van der Waals surface area contributed by atoms with Crippen molar-refractivity contribution in [3.8, 4) is 5.69 Å². The van der Waals surface area contributed by atoms with Crippen molar-refractivity contribution in [3.63, 3.8) is 0 Å². The highest BCUT2D eigenvalue weighted by atomic mass is 19.4. The fraction of sp³-hybridized carbons (Fsp3) is 0.158. The van der Waals surface area contributed by atoms with Crippen molar-refractivity contribution in [3.05, 3.63) is 77.7 Å². The lowest BCUT2D eigenvalue weighted by Gasteiger charge is -2.12. The number of hydrogen-bond donors (Lipinski definition) is 0. The van der Waals surface area contributed by atoms with Crippen LogP contribution < -0.4 is 0 Å². The Labute approximate surface area is 158 Å². The molecule has 0 bridgehead atoms. The van der Waals surface area contributed by atoms with Crippen molar-refractivity contribution in [2.24, 2.45) is 0 Å². The molecule has 0 aliphatic rings. The van der Waals surface area contributed by atoms with Crippen molar-refractivity contribution < 1.29 is 18.0 Å². The van der Waals surface area contributed by atoms with Crippen LogP contribution in [0.1, 0.15) is 21.7 Å². The van der Waals surface area contributed by atoms with E-state index in [0.717, 1.165) is 24.3 Å². The highest BCUT2D eigenvalue weighted by Crippen LogP contribution is 2.30. The van der Waals surface area contributed by atoms with E-state index in [4.69, 9.17) is 0 Å². The van der Waals surface area contributed by atoms with Gasteiger partial charge in [-0.2, -0.15) is 17.9 Å². The average Bonchev–Trinajstić information content (AvgIpc) is 3.15. The second kappa shape index (κ2) is 7.63. The molecule has 0 amide bonds. The Hall–Kier alpha value is -3.49. The maximum Gasteiger partial charge on any atom is 0.416 e. The van der Waals surface area contributed by atoms with Crippen LogP contribution in [-0.2, 0) is 6.18 Å². The lowest BCUT2D eigenvalue weighted by atomic mass is 10.0. The number of allylic oxidation sites excluding steroid dienone is 1. The van der Waals surface area contributed by atoms with Gasteiger partial charge in [-0.15, -0.1) is 5.10 Å². The number of aromatic nitrogens is 4. The molecule has 0 atom stereocenters. The lowest BCUT2D eigenvalue weighted by molar-refractivity contribution is -0.137. The van der Waals surface area contributed by atoms with Crippen molar-refractivity contribution in [2.45, 2.75) is 6.18 Å². The molecule has 0 aliphatic carbocycles. The van der Waals surface area contributed by atoms with Crippen LogP contribution in [0.3, 0.4) is 0 Å². The molecule has 0 radical (unpaired) electrons. The molecular formula is C19H16F3N5O. The predicted octanol–water partition coefficient (Wildman–Crippen LogP) is 3.47. The van der Waals surface area contributed by atoms with E-state index in [1.165, 1.54) is 10.9 Å². The van der Waals surface area contributed by atoms with E-state index in [1.807, 2.05) is 6.07 Å². The van der Waals surface area contributed by atoms with Crippen molar-refractivity contribution >= 4 is 11.4 Å². The summed E-state index contributed by atoms with van der Waals surface area (Å²) in [4.78, 5) is 14.7. The third kappa shape index (κ3) is 4.08. The van der Waals surface area contributed by atoms with Gasteiger partial charge in [0.2, 0.25) is 0 Å². The number of alkyl halides is 3. The lowest BCUT2D eigenvalue weighted by Crippen LogP contribution is -2.14. The van der Waals surface area contributed by atoms with Gasteiger partial charge in [0.1, 0.15) is 0 Å². The summed E-state index contributed by atoms with van der Waals surface area (Å²) in [6, 6.07) is 13.0. The monoisotopic (exact) mass is 387 g/mol. The molecule has 144 valence electrons. The van der Waals surface area contributed by atoms with Crippen LogP contribution in [0.15, 0.2) is 60.8 Å². The maximum atomic E-state index is 13.0. The van der Waals surface area contributed by atoms with Crippen LogP contribution in [-0.4, -0.2) is 45.0 Å². The molecule has 0 fully saturated rings. The molecule has 0 saturated carbocycles. The standard InChI is InChI=1S/C19H16F3N5O/c1-26(2)12-16(17(28)13-8-10-14(11-9-13)19(20,21)22)18-23-24-25-27(18)15-6-4-3-5-7-15/h3-12H,1-2H3. The summed E-state index contributed by atoms with van der Waals surface area (Å²) in [6.07, 6.45) is -2.94. The molecule has 3 rings (SSSR count). The van der Waals surface area contributed by atoms with Crippen LogP contribution in [0.5, 0.6) is 0 Å². The zero-order valence-corrected chi connectivity index (χ0v) is 15.1. The van der Waals surface area contributed by atoms with E-state index in [-0.39, 0.29) is 17.0 Å². The Kier molecular flexibility index (Phi) is 5.25. The summed E-state index contributed by atoms with van der Waals surface area (Å²) >= 11 is 0. The number of rotatable bonds is 5.